The van der Waals surface area contributed by atoms with Crippen molar-refractivity contribution in [2.24, 2.45) is 0 Å². The first-order valence-corrected chi connectivity index (χ1v) is 16.2. The molecule has 0 radical (unpaired) electrons. The average Bonchev–Trinajstić information content (AvgIpc) is 3.36. The number of fused-ring (bicyclic) bond motifs is 1. The monoisotopic (exact) mass is 588 g/mol. The third kappa shape index (κ3) is 4.87. The van der Waals surface area contributed by atoms with Crippen molar-refractivity contribution in [1.29, 1.82) is 0 Å². The molecule has 4 aromatic rings. The molecule has 1 aliphatic carbocycles. The molecule has 218 valence electrons. The average molecular weight is 589 g/mol. The molecule has 4 aromatic carbocycles. The Kier molecular flexibility index (Phi) is 7.58. The van der Waals surface area contributed by atoms with Gasteiger partial charge in [0.05, 0.1) is 5.54 Å². The molecule has 1 amide bonds. The predicted octanol–water partition coefficient (Wildman–Crippen LogP) is 6.67. The number of carbonyl (C=O) groups excluding carboxylic acids is 2. The maximum absolute atomic E-state index is 14.3. The molecule has 0 bridgehead atoms. The highest BCUT2D eigenvalue weighted by Crippen LogP contribution is 2.58. The van der Waals surface area contributed by atoms with Gasteiger partial charge in [-0.15, -0.1) is 11.8 Å². The van der Waals surface area contributed by atoms with Gasteiger partial charge in [0.1, 0.15) is 24.1 Å². The summed E-state index contributed by atoms with van der Waals surface area (Å²) in [7, 11) is 0. The summed E-state index contributed by atoms with van der Waals surface area (Å²) in [6.07, 6.45) is 5.11. The van der Waals surface area contributed by atoms with Crippen LogP contribution in [0.15, 0.2) is 121 Å². The molecule has 1 saturated carbocycles. The number of rotatable bonds is 8. The summed E-state index contributed by atoms with van der Waals surface area (Å²) < 4.78 is 5.60. The molecule has 3 fully saturated rings. The third-order valence-electron chi connectivity index (χ3n) is 9.35. The number of hydrogen-bond acceptors (Lipinski definition) is 5. The largest absolute Gasteiger partial charge is 0.459 e. The molecule has 5 nitrogen and oxygen atoms in total. The second kappa shape index (κ2) is 11.7. The zero-order chi connectivity index (χ0) is 29.3. The first-order valence-electron chi connectivity index (χ1n) is 15.3. The standard InChI is InChI=1S/C37H36N2O3S/c40-33-31(38-37(28-18-8-2-9-19-28,29-20-10-3-11-21-29)30-22-12-4-13-23-30)34-39(33)32(36(43-34)24-14-5-15-25-36)35(41)42-26-27-16-6-1-7-17-27/h1-4,6-13,16-23,31-32,34,38H,5,14-15,24-26H2/t31?,32?,34-/m1/s1. The number of nitrogens with one attached hydrogen (secondary N) is 1. The molecular formula is C37H36N2O3S. The summed E-state index contributed by atoms with van der Waals surface area (Å²) in [6.45, 7) is 0.213. The predicted molar refractivity (Wildman–Crippen MR) is 170 cm³/mol. The van der Waals surface area contributed by atoms with E-state index in [0.29, 0.717) is 0 Å². The van der Waals surface area contributed by atoms with E-state index in [1.807, 2.05) is 102 Å². The van der Waals surface area contributed by atoms with Gasteiger partial charge in [0, 0.05) is 4.75 Å². The molecule has 3 atom stereocenters. The van der Waals surface area contributed by atoms with Crippen LogP contribution in [0.5, 0.6) is 0 Å². The van der Waals surface area contributed by atoms with E-state index in [1.165, 1.54) is 0 Å². The highest BCUT2D eigenvalue weighted by Gasteiger charge is 2.67. The summed E-state index contributed by atoms with van der Waals surface area (Å²) in [6, 6.07) is 39.8. The Hall–Kier alpha value is -3.87. The normalized spacial score (nSPS) is 22.6. The minimum Gasteiger partial charge on any atom is -0.459 e. The van der Waals surface area contributed by atoms with E-state index >= 15 is 0 Å². The van der Waals surface area contributed by atoms with Gasteiger partial charge in [-0.2, -0.15) is 0 Å². The van der Waals surface area contributed by atoms with Crippen LogP contribution in [0.1, 0.15) is 54.4 Å². The van der Waals surface area contributed by atoms with Crippen LogP contribution in [0.2, 0.25) is 0 Å². The van der Waals surface area contributed by atoms with Gasteiger partial charge in [-0.3, -0.25) is 10.1 Å². The third-order valence-corrected chi connectivity index (χ3v) is 11.2. The lowest BCUT2D eigenvalue weighted by atomic mass is 9.75. The fourth-order valence-electron chi connectivity index (χ4n) is 7.30. The number of amides is 1. The number of thioether (sulfide) groups is 1. The molecular weight excluding hydrogens is 552 g/mol. The molecule has 2 aliphatic heterocycles. The summed E-state index contributed by atoms with van der Waals surface area (Å²) in [5.74, 6) is -0.318. The fraction of sp³-hybridized carbons (Fsp3) is 0.297. The van der Waals surface area contributed by atoms with Crippen molar-refractivity contribution in [3.05, 3.63) is 144 Å². The second-order valence-electron chi connectivity index (χ2n) is 11.8. The van der Waals surface area contributed by atoms with E-state index in [1.54, 1.807) is 0 Å². The molecule has 1 N–H and O–H groups in total. The highest BCUT2D eigenvalue weighted by atomic mass is 32.2. The fourth-order valence-corrected chi connectivity index (χ4v) is 9.31. The van der Waals surface area contributed by atoms with Crippen LogP contribution in [0.3, 0.4) is 0 Å². The smallest absolute Gasteiger partial charge is 0.330 e. The highest BCUT2D eigenvalue weighted by molar-refractivity contribution is 8.01. The van der Waals surface area contributed by atoms with Crippen molar-refractivity contribution in [3.63, 3.8) is 0 Å². The molecule has 7 rings (SSSR count). The Labute approximate surface area is 257 Å². The molecule has 2 unspecified atom stereocenters. The van der Waals surface area contributed by atoms with E-state index in [-0.39, 0.29) is 28.6 Å². The van der Waals surface area contributed by atoms with Gasteiger partial charge in [0.15, 0.2) is 0 Å². The minimum atomic E-state index is -0.762. The van der Waals surface area contributed by atoms with Gasteiger partial charge < -0.3 is 9.64 Å². The lowest BCUT2D eigenvalue weighted by molar-refractivity contribution is -0.165. The zero-order valence-corrected chi connectivity index (χ0v) is 24.9. The second-order valence-corrected chi connectivity index (χ2v) is 13.4. The first kappa shape index (κ1) is 27.9. The van der Waals surface area contributed by atoms with Gasteiger partial charge in [-0.25, -0.2) is 4.79 Å². The van der Waals surface area contributed by atoms with Crippen LogP contribution in [-0.2, 0) is 26.5 Å². The van der Waals surface area contributed by atoms with Crippen molar-refractivity contribution in [2.75, 3.05) is 0 Å². The molecule has 3 aliphatic rings. The van der Waals surface area contributed by atoms with Crippen molar-refractivity contribution in [3.8, 4) is 0 Å². The number of β-lactam (4-membered cyclic amide) rings is 1. The maximum Gasteiger partial charge on any atom is 0.330 e. The molecule has 1 spiro atoms. The lowest BCUT2D eigenvalue weighted by Crippen LogP contribution is -2.73. The lowest BCUT2D eigenvalue weighted by Gasteiger charge is -2.49. The number of hydrogen-bond donors (Lipinski definition) is 1. The molecule has 0 aromatic heterocycles. The van der Waals surface area contributed by atoms with E-state index < -0.39 is 17.6 Å². The van der Waals surface area contributed by atoms with E-state index in [0.717, 1.165) is 54.4 Å². The topological polar surface area (TPSA) is 58.6 Å². The number of ether oxygens (including phenoxy) is 1. The van der Waals surface area contributed by atoms with Crippen LogP contribution in [0.4, 0.5) is 0 Å². The van der Waals surface area contributed by atoms with Gasteiger partial charge in [-0.1, -0.05) is 141 Å². The number of nitrogens with zero attached hydrogens (tertiary/aromatic N) is 1. The van der Waals surface area contributed by atoms with E-state index in [4.69, 9.17) is 4.74 Å². The molecule has 2 saturated heterocycles. The Bertz CT molecular complexity index is 1460. The quantitative estimate of drug-likeness (QED) is 0.142. The minimum absolute atomic E-state index is 0.0335. The molecule has 2 heterocycles. The number of esters is 1. The van der Waals surface area contributed by atoms with Crippen molar-refractivity contribution >= 4 is 23.6 Å². The first-order chi connectivity index (χ1) is 21.1. The van der Waals surface area contributed by atoms with Crippen molar-refractivity contribution in [1.82, 2.24) is 10.2 Å². The Morgan fingerprint density at radius 2 is 1.26 bits per heavy atom. The summed E-state index contributed by atoms with van der Waals surface area (Å²) in [4.78, 5) is 29.9. The van der Waals surface area contributed by atoms with Crippen LogP contribution in [0.25, 0.3) is 0 Å². The van der Waals surface area contributed by atoms with Crippen LogP contribution in [-0.4, -0.2) is 39.0 Å². The van der Waals surface area contributed by atoms with Gasteiger partial charge >= 0.3 is 5.97 Å². The summed E-state index contributed by atoms with van der Waals surface area (Å²) in [5.41, 5.74) is 3.37. The van der Waals surface area contributed by atoms with E-state index in [2.05, 4.69) is 41.7 Å². The Morgan fingerprint density at radius 3 is 1.77 bits per heavy atom. The van der Waals surface area contributed by atoms with E-state index in [9.17, 15) is 9.59 Å². The number of carbonyl (C=O) groups is 2. The van der Waals surface area contributed by atoms with Gasteiger partial charge in [0.25, 0.3) is 0 Å². The van der Waals surface area contributed by atoms with Crippen LogP contribution < -0.4 is 5.32 Å². The maximum atomic E-state index is 14.3. The van der Waals surface area contributed by atoms with Gasteiger partial charge in [0.2, 0.25) is 5.91 Å². The molecule has 6 heteroatoms. The van der Waals surface area contributed by atoms with Crippen LogP contribution in [0, 0.1) is 0 Å². The zero-order valence-electron chi connectivity index (χ0n) is 24.1. The number of benzene rings is 4. The van der Waals surface area contributed by atoms with Crippen LogP contribution >= 0.6 is 11.8 Å². The summed E-state index contributed by atoms with van der Waals surface area (Å²) >= 11 is 1.82. The van der Waals surface area contributed by atoms with Crippen molar-refractivity contribution in [2.45, 2.75) is 66.5 Å². The Balaban J connectivity index is 1.25. The van der Waals surface area contributed by atoms with Crippen molar-refractivity contribution < 1.29 is 14.3 Å². The molecule has 43 heavy (non-hydrogen) atoms. The van der Waals surface area contributed by atoms with Gasteiger partial charge in [-0.05, 0) is 35.1 Å². The summed E-state index contributed by atoms with van der Waals surface area (Å²) in [5, 5.41) is 3.76. The SMILES string of the molecule is O=C(OCc1ccccc1)C1N2C(=O)C(NC(c3ccccc3)(c3ccccc3)c3ccccc3)[C@H]2SC12CCCCC2. The Morgan fingerprint density at radius 1 is 0.767 bits per heavy atom.